The first-order valence-corrected chi connectivity index (χ1v) is 16.7. The molecule has 1 fully saturated rings. The van der Waals surface area contributed by atoms with Gasteiger partial charge in [0.1, 0.15) is 12.6 Å². The lowest BCUT2D eigenvalue weighted by molar-refractivity contribution is -0.140. The molecule has 0 saturated heterocycles. The van der Waals surface area contributed by atoms with Crippen LogP contribution in [0.15, 0.2) is 77.7 Å². The third-order valence-electron chi connectivity index (χ3n) is 8.09. The summed E-state index contributed by atoms with van der Waals surface area (Å²) in [6.45, 7) is 2.70. The van der Waals surface area contributed by atoms with Gasteiger partial charge in [0.25, 0.3) is 10.0 Å². The predicted octanol–water partition coefficient (Wildman–Crippen LogP) is 7.12. The second-order valence-corrected chi connectivity index (χ2v) is 13.5. The minimum atomic E-state index is -4.80. The first-order valence-electron chi connectivity index (χ1n) is 14.9. The van der Waals surface area contributed by atoms with E-state index in [4.69, 9.17) is 11.6 Å². The van der Waals surface area contributed by atoms with Gasteiger partial charge >= 0.3 is 6.18 Å². The fourth-order valence-corrected chi connectivity index (χ4v) is 7.26. The van der Waals surface area contributed by atoms with Gasteiger partial charge in [0.05, 0.1) is 21.2 Å². The van der Waals surface area contributed by atoms with Crippen LogP contribution in [0.5, 0.6) is 0 Å². The molecule has 3 aromatic rings. The summed E-state index contributed by atoms with van der Waals surface area (Å²) in [6.07, 6.45) is 0.134. The van der Waals surface area contributed by atoms with Crippen LogP contribution in [-0.4, -0.2) is 43.8 Å². The maximum Gasteiger partial charge on any atom is 0.416 e. The summed E-state index contributed by atoms with van der Waals surface area (Å²) in [5, 5.41) is 2.78. The van der Waals surface area contributed by atoms with E-state index in [0.29, 0.717) is 10.4 Å². The molecule has 1 atom stereocenters. The van der Waals surface area contributed by atoms with Crippen molar-refractivity contribution >= 4 is 39.1 Å². The van der Waals surface area contributed by atoms with Crippen LogP contribution in [0.3, 0.4) is 0 Å². The van der Waals surface area contributed by atoms with Crippen LogP contribution in [0.2, 0.25) is 5.02 Å². The lowest BCUT2D eigenvalue weighted by Crippen LogP contribution is -2.54. The first kappa shape index (κ1) is 34.3. The molecule has 1 N–H and O–H groups in total. The molecule has 2 amide bonds. The number of halogens is 4. The average Bonchev–Trinajstić information content (AvgIpc) is 3.01. The fraction of sp³-hybridized carbons (Fsp3) is 0.394. The van der Waals surface area contributed by atoms with E-state index in [-0.39, 0.29) is 34.8 Å². The van der Waals surface area contributed by atoms with Gasteiger partial charge in [-0.2, -0.15) is 13.2 Å². The van der Waals surface area contributed by atoms with Crippen LogP contribution in [-0.2, 0) is 32.3 Å². The molecule has 0 aromatic heterocycles. The maximum atomic E-state index is 14.3. The molecular weight excluding hydrogens is 627 g/mol. The van der Waals surface area contributed by atoms with Crippen LogP contribution in [0.1, 0.15) is 62.1 Å². The Kier molecular flexibility index (Phi) is 11.2. The van der Waals surface area contributed by atoms with Crippen LogP contribution < -0.4 is 9.62 Å². The second-order valence-electron chi connectivity index (χ2n) is 11.2. The Labute approximate surface area is 267 Å². The topological polar surface area (TPSA) is 86.8 Å². The number of anilines is 1. The maximum absolute atomic E-state index is 14.3. The monoisotopic (exact) mass is 663 g/mol. The van der Waals surface area contributed by atoms with E-state index >= 15 is 0 Å². The van der Waals surface area contributed by atoms with Crippen molar-refractivity contribution in [3.63, 3.8) is 0 Å². The highest BCUT2D eigenvalue weighted by molar-refractivity contribution is 7.92. The Balaban J connectivity index is 1.78. The summed E-state index contributed by atoms with van der Waals surface area (Å²) in [6, 6.07) is 15.7. The largest absolute Gasteiger partial charge is 0.416 e. The van der Waals surface area contributed by atoms with Crippen LogP contribution in [0.4, 0.5) is 18.9 Å². The molecule has 242 valence electrons. The molecule has 7 nitrogen and oxygen atoms in total. The van der Waals surface area contributed by atoms with Crippen LogP contribution in [0.25, 0.3) is 0 Å². The van der Waals surface area contributed by atoms with Crippen molar-refractivity contribution in [1.82, 2.24) is 10.2 Å². The van der Waals surface area contributed by atoms with Crippen molar-refractivity contribution in [1.29, 1.82) is 0 Å². The molecule has 0 radical (unpaired) electrons. The standard InChI is InChI=1S/C33H37ClF3N3O4S/c1-3-29(32(42)38-26-14-6-4-7-15-26)39(21-24-13-11-10-12-23(24)2)31(41)22-40(45(43,44)27-16-8-5-9-17-27)30-20-25(33(35,36)37)18-19-28(30)34/h5,8-13,16-20,26,29H,3-4,6-7,14-15,21-22H2,1-2H3,(H,38,42)/t29-/m1/s1. The SMILES string of the molecule is CC[C@H](C(=O)NC1CCCCC1)N(Cc1ccccc1C)C(=O)CN(c1cc(C(F)(F)F)ccc1Cl)S(=O)(=O)c1ccccc1. The van der Waals surface area contributed by atoms with Crippen molar-refractivity contribution in [3.8, 4) is 0 Å². The lowest BCUT2D eigenvalue weighted by Gasteiger charge is -2.35. The Bertz CT molecular complexity index is 1600. The van der Waals surface area contributed by atoms with Gasteiger partial charge in [0, 0.05) is 12.6 Å². The quantitative estimate of drug-likeness (QED) is 0.237. The summed E-state index contributed by atoms with van der Waals surface area (Å²) in [7, 11) is -4.59. The number of carbonyl (C=O) groups is 2. The number of hydrogen-bond acceptors (Lipinski definition) is 4. The molecular formula is C33H37ClF3N3O4S. The molecule has 1 saturated carbocycles. The summed E-state index contributed by atoms with van der Waals surface area (Å²) in [5.41, 5.74) is -0.0335. The highest BCUT2D eigenvalue weighted by Crippen LogP contribution is 2.37. The minimum Gasteiger partial charge on any atom is -0.352 e. The molecule has 4 rings (SSSR count). The van der Waals surface area contributed by atoms with Gasteiger partial charge < -0.3 is 10.2 Å². The predicted molar refractivity (Wildman–Crippen MR) is 168 cm³/mol. The Morgan fingerprint density at radius 3 is 2.24 bits per heavy atom. The summed E-state index contributed by atoms with van der Waals surface area (Å²) >= 11 is 6.33. The van der Waals surface area contributed by atoms with Gasteiger partial charge in [0.2, 0.25) is 11.8 Å². The van der Waals surface area contributed by atoms with E-state index in [0.717, 1.165) is 55.4 Å². The fourth-order valence-electron chi connectivity index (χ4n) is 5.55. The Hall–Kier alpha value is -3.57. The smallest absolute Gasteiger partial charge is 0.352 e. The van der Waals surface area contributed by atoms with Crippen molar-refractivity contribution in [3.05, 3.63) is 94.5 Å². The molecule has 0 spiro atoms. The Morgan fingerprint density at radius 1 is 0.978 bits per heavy atom. The number of hydrogen-bond donors (Lipinski definition) is 1. The number of sulfonamides is 1. The van der Waals surface area contributed by atoms with E-state index in [2.05, 4.69) is 5.32 Å². The third-order valence-corrected chi connectivity index (χ3v) is 10.2. The summed E-state index contributed by atoms with van der Waals surface area (Å²) < 4.78 is 69.8. The number of amides is 2. The number of rotatable bonds is 11. The number of nitrogens with zero attached hydrogens (tertiary/aromatic N) is 2. The second kappa shape index (κ2) is 14.7. The van der Waals surface area contributed by atoms with E-state index in [1.807, 2.05) is 25.1 Å². The molecule has 0 heterocycles. The summed E-state index contributed by atoms with van der Waals surface area (Å²) in [4.78, 5) is 29.0. The number of nitrogens with one attached hydrogen (secondary N) is 1. The van der Waals surface area contributed by atoms with Gasteiger partial charge in [-0.3, -0.25) is 13.9 Å². The molecule has 3 aromatic carbocycles. The minimum absolute atomic E-state index is 0.0162. The Morgan fingerprint density at radius 2 is 1.62 bits per heavy atom. The van der Waals surface area contributed by atoms with E-state index < -0.39 is 45.9 Å². The third kappa shape index (κ3) is 8.38. The molecule has 0 unspecified atom stereocenters. The van der Waals surface area contributed by atoms with Crippen molar-refractivity contribution in [2.75, 3.05) is 10.8 Å². The van der Waals surface area contributed by atoms with Gasteiger partial charge in [0.15, 0.2) is 0 Å². The van der Waals surface area contributed by atoms with Gasteiger partial charge in [-0.15, -0.1) is 0 Å². The van der Waals surface area contributed by atoms with Crippen molar-refractivity contribution in [2.24, 2.45) is 0 Å². The van der Waals surface area contributed by atoms with Crippen LogP contribution in [0, 0.1) is 6.92 Å². The van der Waals surface area contributed by atoms with Gasteiger partial charge in [-0.1, -0.05) is 80.3 Å². The van der Waals surface area contributed by atoms with E-state index in [9.17, 15) is 31.2 Å². The molecule has 45 heavy (non-hydrogen) atoms. The normalized spacial score (nSPS) is 14.9. The first-order chi connectivity index (χ1) is 21.3. The highest BCUT2D eigenvalue weighted by Gasteiger charge is 2.37. The zero-order valence-electron chi connectivity index (χ0n) is 25.2. The highest BCUT2D eigenvalue weighted by atomic mass is 35.5. The van der Waals surface area contributed by atoms with Crippen molar-refractivity contribution < 1.29 is 31.2 Å². The van der Waals surface area contributed by atoms with Gasteiger partial charge in [-0.25, -0.2) is 8.42 Å². The summed E-state index contributed by atoms with van der Waals surface area (Å²) in [5.74, 6) is -1.13. The molecule has 0 bridgehead atoms. The average molecular weight is 664 g/mol. The van der Waals surface area contributed by atoms with E-state index in [1.54, 1.807) is 19.1 Å². The zero-order chi connectivity index (χ0) is 32.8. The number of alkyl halides is 3. The molecule has 0 aliphatic heterocycles. The lowest BCUT2D eigenvalue weighted by atomic mass is 9.95. The van der Waals surface area contributed by atoms with E-state index in [1.165, 1.54) is 29.2 Å². The number of benzene rings is 3. The zero-order valence-corrected chi connectivity index (χ0v) is 26.8. The number of carbonyl (C=O) groups excluding carboxylic acids is 2. The number of aryl methyl sites for hydroxylation is 1. The van der Waals surface area contributed by atoms with Crippen LogP contribution >= 0.6 is 11.6 Å². The molecule has 1 aliphatic carbocycles. The van der Waals surface area contributed by atoms with Gasteiger partial charge in [-0.05, 0) is 67.6 Å². The van der Waals surface area contributed by atoms with Crippen molar-refractivity contribution in [2.45, 2.75) is 82.1 Å². The molecule has 1 aliphatic rings. The molecule has 12 heteroatoms.